The van der Waals surface area contributed by atoms with E-state index in [0.29, 0.717) is 12.1 Å². The number of nitrogens with two attached hydrogens (primary N) is 1. The highest BCUT2D eigenvalue weighted by Gasteiger charge is 2.20. The fourth-order valence-electron chi connectivity index (χ4n) is 2.13. The number of likely N-dealkylation sites (N-methyl/N-ethyl adjacent to an activating group) is 1. The predicted molar refractivity (Wildman–Crippen MR) is 53.2 cm³/mol. The Balaban J connectivity index is 2.43. The van der Waals surface area contributed by atoms with Crippen molar-refractivity contribution in [3.8, 4) is 0 Å². The molecular formula is C10H22N2. The Hall–Kier alpha value is -0.0800. The van der Waals surface area contributed by atoms with E-state index in [4.69, 9.17) is 5.73 Å². The van der Waals surface area contributed by atoms with Gasteiger partial charge in [-0.15, -0.1) is 0 Å². The van der Waals surface area contributed by atoms with Gasteiger partial charge in [-0.05, 0) is 26.9 Å². The highest BCUT2D eigenvalue weighted by atomic mass is 15.1. The maximum atomic E-state index is 6.11. The van der Waals surface area contributed by atoms with Crippen LogP contribution in [0.3, 0.4) is 0 Å². The van der Waals surface area contributed by atoms with Crippen LogP contribution in [0.15, 0.2) is 0 Å². The number of hydrogen-bond donors (Lipinski definition) is 1. The van der Waals surface area contributed by atoms with Gasteiger partial charge in [0, 0.05) is 12.1 Å². The van der Waals surface area contributed by atoms with Crippen molar-refractivity contribution in [3.63, 3.8) is 0 Å². The van der Waals surface area contributed by atoms with Crippen molar-refractivity contribution in [1.29, 1.82) is 0 Å². The molecule has 12 heavy (non-hydrogen) atoms. The topological polar surface area (TPSA) is 29.3 Å². The lowest BCUT2D eigenvalue weighted by atomic mass is 9.92. The summed E-state index contributed by atoms with van der Waals surface area (Å²) >= 11 is 0. The quantitative estimate of drug-likeness (QED) is 0.647. The highest BCUT2D eigenvalue weighted by Crippen LogP contribution is 2.18. The van der Waals surface area contributed by atoms with Crippen LogP contribution in [0.1, 0.15) is 38.5 Å². The summed E-state index contributed by atoms with van der Waals surface area (Å²) < 4.78 is 0. The Morgan fingerprint density at radius 2 is 1.58 bits per heavy atom. The first-order valence-electron chi connectivity index (χ1n) is 5.14. The molecule has 0 amide bonds. The molecule has 1 aliphatic carbocycles. The van der Waals surface area contributed by atoms with Crippen LogP contribution in [0.2, 0.25) is 0 Å². The van der Waals surface area contributed by atoms with E-state index in [1.807, 2.05) is 0 Å². The molecule has 1 rings (SSSR count). The standard InChI is InChI=1S/C10H22N2/c1-12(2)10-8-6-4-3-5-7-9(10)11/h9-10H,3-8,11H2,1-2H3/t9-,10-/m1/s1. The van der Waals surface area contributed by atoms with Crippen LogP contribution in [-0.4, -0.2) is 31.1 Å². The van der Waals surface area contributed by atoms with Crippen molar-refractivity contribution in [2.45, 2.75) is 50.6 Å². The summed E-state index contributed by atoms with van der Waals surface area (Å²) in [5.74, 6) is 0. The van der Waals surface area contributed by atoms with Crippen molar-refractivity contribution in [1.82, 2.24) is 4.90 Å². The SMILES string of the molecule is CN(C)[C@@H]1CCCCCC[C@H]1N. The van der Waals surface area contributed by atoms with Gasteiger partial charge in [-0.2, -0.15) is 0 Å². The largest absolute Gasteiger partial charge is 0.326 e. The molecule has 72 valence electrons. The van der Waals surface area contributed by atoms with E-state index in [9.17, 15) is 0 Å². The van der Waals surface area contributed by atoms with Gasteiger partial charge in [0.2, 0.25) is 0 Å². The second kappa shape index (κ2) is 4.83. The highest BCUT2D eigenvalue weighted by molar-refractivity contribution is 4.80. The molecule has 1 aliphatic rings. The van der Waals surface area contributed by atoms with Gasteiger partial charge in [-0.25, -0.2) is 0 Å². The Labute approximate surface area is 76.1 Å². The van der Waals surface area contributed by atoms with E-state index in [1.54, 1.807) is 0 Å². The molecular weight excluding hydrogens is 148 g/mol. The number of nitrogens with zero attached hydrogens (tertiary/aromatic N) is 1. The Morgan fingerprint density at radius 3 is 2.17 bits per heavy atom. The summed E-state index contributed by atoms with van der Waals surface area (Å²) in [4.78, 5) is 2.29. The number of hydrogen-bond acceptors (Lipinski definition) is 2. The van der Waals surface area contributed by atoms with E-state index in [1.165, 1.54) is 38.5 Å². The minimum atomic E-state index is 0.403. The molecule has 2 nitrogen and oxygen atoms in total. The van der Waals surface area contributed by atoms with Crippen LogP contribution in [0.4, 0.5) is 0 Å². The van der Waals surface area contributed by atoms with E-state index in [0.717, 1.165) is 0 Å². The van der Waals surface area contributed by atoms with Crippen LogP contribution in [-0.2, 0) is 0 Å². The van der Waals surface area contributed by atoms with E-state index in [-0.39, 0.29) is 0 Å². The van der Waals surface area contributed by atoms with Crippen LogP contribution in [0.5, 0.6) is 0 Å². The zero-order valence-electron chi connectivity index (χ0n) is 8.42. The van der Waals surface area contributed by atoms with Crippen molar-refractivity contribution >= 4 is 0 Å². The average Bonchev–Trinajstić information content (AvgIpc) is 1.96. The second-order valence-electron chi connectivity index (χ2n) is 4.19. The van der Waals surface area contributed by atoms with Crippen molar-refractivity contribution in [2.75, 3.05) is 14.1 Å². The fraction of sp³-hybridized carbons (Fsp3) is 1.00. The molecule has 0 aliphatic heterocycles. The molecule has 0 unspecified atom stereocenters. The van der Waals surface area contributed by atoms with Gasteiger partial charge >= 0.3 is 0 Å². The third-order valence-corrected chi connectivity index (χ3v) is 2.94. The van der Waals surface area contributed by atoms with Crippen molar-refractivity contribution < 1.29 is 0 Å². The van der Waals surface area contributed by atoms with Crippen molar-refractivity contribution in [3.05, 3.63) is 0 Å². The summed E-state index contributed by atoms with van der Waals surface area (Å²) in [6, 6.07) is 1.02. The molecule has 0 spiro atoms. The minimum absolute atomic E-state index is 0.403. The van der Waals surface area contributed by atoms with Crippen LogP contribution in [0, 0.1) is 0 Å². The molecule has 0 heterocycles. The maximum Gasteiger partial charge on any atom is 0.0241 e. The lowest BCUT2D eigenvalue weighted by Gasteiger charge is -2.31. The molecule has 2 N–H and O–H groups in total. The van der Waals surface area contributed by atoms with Crippen LogP contribution in [0.25, 0.3) is 0 Å². The lowest BCUT2D eigenvalue weighted by Crippen LogP contribution is -2.44. The zero-order chi connectivity index (χ0) is 8.97. The van der Waals surface area contributed by atoms with Gasteiger partial charge in [-0.3, -0.25) is 0 Å². The average molecular weight is 170 g/mol. The van der Waals surface area contributed by atoms with Gasteiger partial charge in [0.15, 0.2) is 0 Å². The van der Waals surface area contributed by atoms with Gasteiger partial charge in [0.1, 0.15) is 0 Å². The minimum Gasteiger partial charge on any atom is -0.326 e. The van der Waals surface area contributed by atoms with Gasteiger partial charge < -0.3 is 10.6 Å². The fourth-order valence-corrected chi connectivity index (χ4v) is 2.13. The molecule has 1 saturated carbocycles. The molecule has 0 radical (unpaired) electrons. The first kappa shape index (κ1) is 10.0. The van der Waals surface area contributed by atoms with E-state index < -0.39 is 0 Å². The molecule has 0 bridgehead atoms. The number of rotatable bonds is 1. The first-order valence-corrected chi connectivity index (χ1v) is 5.14. The zero-order valence-corrected chi connectivity index (χ0v) is 8.42. The smallest absolute Gasteiger partial charge is 0.0241 e. The molecule has 0 aromatic carbocycles. The van der Waals surface area contributed by atoms with Gasteiger partial charge in [0.25, 0.3) is 0 Å². The summed E-state index contributed by atoms with van der Waals surface area (Å²) in [6.07, 6.45) is 7.96. The summed E-state index contributed by atoms with van der Waals surface area (Å²) in [7, 11) is 4.29. The predicted octanol–water partition coefficient (Wildman–Crippen LogP) is 1.60. The van der Waals surface area contributed by atoms with Crippen LogP contribution < -0.4 is 5.73 Å². The summed E-state index contributed by atoms with van der Waals surface area (Å²) in [5.41, 5.74) is 6.11. The molecule has 2 atom stereocenters. The Kier molecular flexibility index (Phi) is 4.02. The maximum absolute atomic E-state index is 6.11. The molecule has 1 fully saturated rings. The van der Waals surface area contributed by atoms with E-state index >= 15 is 0 Å². The first-order chi connectivity index (χ1) is 5.72. The Morgan fingerprint density at radius 1 is 1.00 bits per heavy atom. The monoisotopic (exact) mass is 170 g/mol. The van der Waals surface area contributed by atoms with Gasteiger partial charge in [0.05, 0.1) is 0 Å². The molecule has 2 heteroatoms. The second-order valence-corrected chi connectivity index (χ2v) is 4.19. The summed E-state index contributed by atoms with van der Waals surface area (Å²) in [5, 5.41) is 0. The molecule has 0 aromatic heterocycles. The summed E-state index contributed by atoms with van der Waals surface area (Å²) in [6.45, 7) is 0. The molecule has 0 aromatic rings. The lowest BCUT2D eigenvalue weighted by molar-refractivity contribution is 0.216. The Bertz CT molecular complexity index is 123. The third kappa shape index (κ3) is 2.76. The third-order valence-electron chi connectivity index (χ3n) is 2.94. The van der Waals surface area contributed by atoms with Crippen molar-refractivity contribution in [2.24, 2.45) is 5.73 Å². The van der Waals surface area contributed by atoms with Gasteiger partial charge in [-0.1, -0.05) is 25.7 Å². The van der Waals surface area contributed by atoms with E-state index in [2.05, 4.69) is 19.0 Å². The van der Waals surface area contributed by atoms with Crippen LogP contribution >= 0.6 is 0 Å². The normalized spacial score (nSPS) is 33.0. The molecule has 0 saturated heterocycles.